The SMILES string of the molecule is CNC(=O)C(n1cc(C#N)c(=O)[nH]c1=O)C(C)(C)C. The van der Waals surface area contributed by atoms with Crippen molar-refractivity contribution < 1.29 is 4.79 Å². The quantitative estimate of drug-likeness (QED) is 0.767. The van der Waals surface area contributed by atoms with Gasteiger partial charge in [0.15, 0.2) is 0 Å². The summed E-state index contributed by atoms with van der Waals surface area (Å²) in [6, 6.07) is 0.866. The third-order valence-corrected chi connectivity index (χ3v) is 2.68. The van der Waals surface area contributed by atoms with Crippen LogP contribution < -0.4 is 16.6 Å². The molecule has 1 unspecified atom stereocenters. The Bertz CT molecular complexity index is 643. The molecule has 2 N–H and O–H groups in total. The first-order valence-electron chi connectivity index (χ1n) is 5.69. The van der Waals surface area contributed by atoms with Gasteiger partial charge in [-0.2, -0.15) is 5.26 Å². The van der Waals surface area contributed by atoms with E-state index in [1.54, 1.807) is 26.8 Å². The molecule has 7 nitrogen and oxygen atoms in total. The topological polar surface area (TPSA) is 108 Å². The summed E-state index contributed by atoms with van der Waals surface area (Å²) in [6.07, 6.45) is 1.12. The van der Waals surface area contributed by atoms with Crippen LogP contribution in [0.1, 0.15) is 32.4 Å². The number of carbonyl (C=O) groups is 1. The van der Waals surface area contributed by atoms with Crippen molar-refractivity contribution in [3.8, 4) is 6.07 Å². The molecule has 1 rings (SSSR count). The Morgan fingerprint density at radius 3 is 2.47 bits per heavy atom. The van der Waals surface area contributed by atoms with Gasteiger partial charge in [0.25, 0.3) is 5.56 Å². The number of rotatable bonds is 2. The van der Waals surface area contributed by atoms with Gasteiger partial charge in [-0.1, -0.05) is 20.8 Å². The fraction of sp³-hybridized carbons (Fsp3) is 0.500. The molecule has 0 spiro atoms. The van der Waals surface area contributed by atoms with Gasteiger partial charge in [-0.3, -0.25) is 19.1 Å². The van der Waals surface area contributed by atoms with Gasteiger partial charge in [-0.05, 0) is 5.41 Å². The minimum atomic E-state index is -0.825. The van der Waals surface area contributed by atoms with E-state index in [4.69, 9.17) is 5.26 Å². The van der Waals surface area contributed by atoms with E-state index in [1.165, 1.54) is 7.05 Å². The van der Waals surface area contributed by atoms with Gasteiger partial charge < -0.3 is 5.32 Å². The molecule has 0 fully saturated rings. The maximum absolute atomic E-state index is 12.0. The first-order valence-corrected chi connectivity index (χ1v) is 5.69. The average molecular weight is 264 g/mol. The van der Waals surface area contributed by atoms with Gasteiger partial charge in [0, 0.05) is 13.2 Å². The summed E-state index contributed by atoms with van der Waals surface area (Å²) in [5, 5.41) is 11.3. The second-order valence-electron chi connectivity index (χ2n) is 5.20. The van der Waals surface area contributed by atoms with Crippen LogP contribution in [0.4, 0.5) is 0 Å². The van der Waals surface area contributed by atoms with Gasteiger partial charge in [0.2, 0.25) is 5.91 Å². The van der Waals surface area contributed by atoms with Crippen LogP contribution in [0.25, 0.3) is 0 Å². The van der Waals surface area contributed by atoms with Crippen LogP contribution in [0.15, 0.2) is 15.8 Å². The largest absolute Gasteiger partial charge is 0.357 e. The summed E-state index contributed by atoms with van der Waals surface area (Å²) in [5.41, 5.74) is -2.24. The van der Waals surface area contributed by atoms with E-state index in [-0.39, 0.29) is 11.5 Å². The number of nitriles is 1. The van der Waals surface area contributed by atoms with Crippen molar-refractivity contribution >= 4 is 5.91 Å². The molecular weight excluding hydrogens is 248 g/mol. The molecule has 1 aromatic rings. The molecule has 0 aromatic carbocycles. The molecule has 0 aliphatic rings. The summed E-state index contributed by atoms with van der Waals surface area (Å²) in [7, 11) is 1.46. The van der Waals surface area contributed by atoms with E-state index < -0.39 is 22.7 Å². The minimum absolute atomic E-state index is 0.210. The third-order valence-electron chi connectivity index (χ3n) is 2.68. The van der Waals surface area contributed by atoms with Crippen LogP contribution in [-0.2, 0) is 4.79 Å². The lowest BCUT2D eigenvalue weighted by Gasteiger charge is -2.30. The Labute approximate surface area is 109 Å². The molecule has 19 heavy (non-hydrogen) atoms. The van der Waals surface area contributed by atoms with Crippen molar-refractivity contribution in [2.45, 2.75) is 26.8 Å². The number of nitrogens with zero attached hydrogens (tertiary/aromatic N) is 2. The molecule has 1 heterocycles. The van der Waals surface area contributed by atoms with E-state index in [0.717, 1.165) is 10.8 Å². The molecule has 0 aliphatic heterocycles. The van der Waals surface area contributed by atoms with Crippen LogP contribution >= 0.6 is 0 Å². The highest BCUT2D eigenvalue weighted by atomic mass is 16.2. The zero-order chi connectivity index (χ0) is 14.8. The van der Waals surface area contributed by atoms with Crippen LogP contribution in [0.2, 0.25) is 0 Å². The van der Waals surface area contributed by atoms with Crippen molar-refractivity contribution in [1.82, 2.24) is 14.9 Å². The number of H-pyrrole nitrogens is 1. The first kappa shape index (κ1) is 14.7. The van der Waals surface area contributed by atoms with Crippen LogP contribution in [0.5, 0.6) is 0 Å². The number of nitrogens with one attached hydrogen (secondary N) is 2. The lowest BCUT2D eigenvalue weighted by molar-refractivity contribution is -0.126. The number of aromatic nitrogens is 2. The molecule has 0 bridgehead atoms. The summed E-state index contributed by atoms with van der Waals surface area (Å²) in [5.74, 6) is -0.370. The van der Waals surface area contributed by atoms with Crippen molar-refractivity contribution in [3.05, 3.63) is 32.6 Å². The molecule has 0 radical (unpaired) electrons. The number of amides is 1. The Hall–Kier alpha value is -2.36. The summed E-state index contributed by atoms with van der Waals surface area (Å²) in [4.78, 5) is 37.2. The first-order chi connectivity index (χ1) is 8.72. The van der Waals surface area contributed by atoms with Crippen molar-refractivity contribution in [2.75, 3.05) is 7.05 Å². The average Bonchev–Trinajstić information content (AvgIpc) is 2.30. The molecule has 7 heteroatoms. The van der Waals surface area contributed by atoms with E-state index in [2.05, 4.69) is 5.32 Å². The second kappa shape index (κ2) is 5.10. The molecule has 0 saturated carbocycles. The second-order valence-corrected chi connectivity index (χ2v) is 5.20. The van der Waals surface area contributed by atoms with Crippen LogP contribution in [0.3, 0.4) is 0 Å². The Kier molecular flexibility index (Phi) is 3.95. The lowest BCUT2D eigenvalue weighted by atomic mass is 9.86. The molecule has 0 aliphatic carbocycles. The van der Waals surface area contributed by atoms with Gasteiger partial charge in [-0.15, -0.1) is 0 Å². The Morgan fingerprint density at radius 2 is 2.05 bits per heavy atom. The molecule has 102 valence electrons. The Balaban J connectivity index is 3.57. The number of hydrogen-bond donors (Lipinski definition) is 2. The summed E-state index contributed by atoms with van der Waals surface area (Å²) in [6.45, 7) is 5.36. The fourth-order valence-corrected chi connectivity index (χ4v) is 1.83. The molecule has 1 atom stereocenters. The van der Waals surface area contributed by atoms with Crippen molar-refractivity contribution in [3.63, 3.8) is 0 Å². The van der Waals surface area contributed by atoms with Crippen LogP contribution in [-0.4, -0.2) is 22.5 Å². The molecular formula is C12H16N4O3. The van der Waals surface area contributed by atoms with Crippen molar-refractivity contribution in [2.24, 2.45) is 5.41 Å². The lowest BCUT2D eigenvalue weighted by Crippen LogP contribution is -2.44. The van der Waals surface area contributed by atoms with Gasteiger partial charge in [0.05, 0.1) is 0 Å². The zero-order valence-electron chi connectivity index (χ0n) is 11.3. The predicted octanol–water partition coefficient (Wildman–Crippen LogP) is -0.259. The van der Waals surface area contributed by atoms with Gasteiger partial charge in [-0.25, -0.2) is 4.79 Å². The minimum Gasteiger partial charge on any atom is -0.357 e. The zero-order valence-corrected chi connectivity index (χ0v) is 11.3. The van der Waals surface area contributed by atoms with Crippen LogP contribution in [0, 0.1) is 16.7 Å². The normalized spacial score (nSPS) is 12.6. The maximum Gasteiger partial charge on any atom is 0.329 e. The number of aromatic amines is 1. The molecule has 1 aromatic heterocycles. The third kappa shape index (κ3) is 2.91. The number of carbonyl (C=O) groups excluding carboxylic acids is 1. The monoisotopic (exact) mass is 264 g/mol. The fourth-order valence-electron chi connectivity index (χ4n) is 1.83. The van der Waals surface area contributed by atoms with E-state index in [0.29, 0.717) is 0 Å². The van der Waals surface area contributed by atoms with Gasteiger partial charge in [0.1, 0.15) is 17.7 Å². The standard InChI is InChI=1S/C12H16N4O3/c1-12(2,3)8(10(18)14-4)16-6-7(5-13)9(17)15-11(16)19/h6,8H,1-4H3,(H,14,18)(H,15,17,19). The van der Waals surface area contributed by atoms with E-state index in [9.17, 15) is 14.4 Å². The number of likely N-dealkylation sites (N-methyl/N-ethyl adjacent to an activating group) is 1. The van der Waals surface area contributed by atoms with Gasteiger partial charge >= 0.3 is 5.69 Å². The highest BCUT2D eigenvalue weighted by Gasteiger charge is 2.33. The predicted molar refractivity (Wildman–Crippen MR) is 68.6 cm³/mol. The smallest absolute Gasteiger partial charge is 0.329 e. The summed E-state index contributed by atoms with van der Waals surface area (Å²) >= 11 is 0. The Morgan fingerprint density at radius 1 is 1.47 bits per heavy atom. The van der Waals surface area contributed by atoms with Crippen molar-refractivity contribution in [1.29, 1.82) is 5.26 Å². The highest BCUT2D eigenvalue weighted by molar-refractivity contribution is 5.80. The highest BCUT2D eigenvalue weighted by Crippen LogP contribution is 2.29. The van der Waals surface area contributed by atoms with E-state index >= 15 is 0 Å². The maximum atomic E-state index is 12.0. The van der Waals surface area contributed by atoms with E-state index in [1.807, 2.05) is 4.98 Å². The molecule has 0 saturated heterocycles. The molecule has 1 amide bonds. The summed E-state index contributed by atoms with van der Waals surface area (Å²) < 4.78 is 1.08. The number of hydrogen-bond acceptors (Lipinski definition) is 4.